The Morgan fingerprint density at radius 3 is 2.64 bits per heavy atom. The Hall–Kier alpha value is -3.71. The quantitative estimate of drug-likeness (QED) is 0.284. The summed E-state index contributed by atoms with van der Waals surface area (Å²) in [6, 6.07) is 20.5. The van der Waals surface area contributed by atoms with Gasteiger partial charge in [0.1, 0.15) is 6.26 Å². The normalized spacial score (nSPS) is 11.1. The zero-order chi connectivity index (χ0) is 22.6. The number of benzene rings is 2. The van der Waals surface area contributed by atoms with Crippen LogP contribution in [0.2, 0.25) is 0 Å². The van der Waals surface area contributed by atoms with Crippen LogP contribution < -0.4 is 0 Å². The SMILES string of the molecule is Cc1ccc(-c2nc(CSc3nnc(-c4cccnc4)n3Cc3ccccc3)co2)c(C)c1. The third-order valence-electron chi connectivity index (χ3n) is 5.33. The van der Waals surface area contributed by atoms with Crippen molar-refractivity contribution in [3.8, 4) is 22.8 Å². The molecule has 0 aliphatic rings. The average Bonchev–Trinajstić information content (AvgIpc) is 3.46. The fourth-order valence-corrected chi connectivity index (χ4v) is 4.52. The van der Waals surface area contributed by atoms with Gasteiger partial charge in [-0.3, -0.25) is 9.55 Å². The summed E-state index contributed by atoms with van der Waals surface area (Å²) in [5.74, 6) is 2.07. The summed E-state index contributed by atoms with van der Waals surface area (Å²) < 4.78 is 7.91. The third kappa shape index (κ3) is 4.73. The summed E-state index contributed by atoms with van der Waals surface area (Å²) >= 11 is 1.60. The summed E-state index contributed by atoms with van der Waals surface area (Å²) in [6.07, 6.45) is 5.30. The molecule has 0 atom stereocenters. The molecule has 5 rings (SSSR count). The monoisotopic (exact) mass is 453 g/mol. The molecule has 0 saturated carbocycles. The first-order valence-electron chi connectivity index (χ1n) is 10.7. The minimum absolute atomic E-state index is 0.633. The topological polar surface area (TPSA) is 69.6 Å². The minimum atomic E-state index is 0.633. The fourth-order valence-electron chi connectivity index (χ4n) is 3.70. The zero-order valence-electron chi connectivity index (χ0n) is 18.5. The molecule has 6 nitrogen and oxygen atoms in total. The van der Waals surface area contributed by atoms with E-state index < -0.39 is 0 Å². The molecular weight excluding hydrogens is 430 g/mol. The van der Waals surface area contributed by atoms with Gasteiger partial charge in [0.15, 0.2) is 11.0 Å². The van der Waals surface area contributed by atoms with Crippen molar-refractivity contribution in [3.05, 3.63) is 102 Å². The van der Waals surface area contributed by atoms with Gasteiger partial charge in [-0.1, -0.05) is 59.8 Å². The van der Waals surface area contributed by atoms with Gasteiger partial charge in [0.2, 0.25) is 5.89 Å². The van der Waals surface area contributed by atoms with Crippen LogP contribution in [0.15, 0.2) is 88.9 Å². The first kappa shape index (κ1) is 21.2. The summed E-state index contributed by atoms with van der Waals surface area (Å²) in [7, 11) is 0. The Kier molecular flexibility index (Phi) is 6.04. The number of thioether (sulfide) groups is 1. The maximum atomic E-state index is 5.78. The molecule has 0 radical (unpaired) electrons. The van der Waals surface area contributed by atoms with Crippen molar-refractivity contribution in [1.82, 2.24) is 24.7 Å². The lowest BCUT2D eigenvalue weighted by Gasteiger charge is -2.10. The highest BCUT2D eigenvalue weighted by Crippen LogP contribution is 2.29. The van der Waals surface area contributed by atoms with E-state index in [9.17, 15) is 0 Å². The van der Waals surface area contributed by atoms with Crippen LogP contribution in [0.4, 0.5) is 0 Å². The van der Waals surface area contributed by atoms with Crippen LogP contribution in [0.1, 0.15) is 22.4 Å². The van der Waals surface area contributed by atoms with Crippen LogP contribution >= 0.6 is 11.8 Å². The molecule has 0 saturated heterocycles. The number of oxazole rings is 1. The van der Waals surface area contributed by atoms with Gasteiger partial charge in [-0.15, -0.1) is 10.2 Å². The van der Waals surface area contributed by atoms with Crippen LogP contribution in [0.5, 0.6) is 0 Å². The average molecular weight is 454 g/mol. The first-order valence-corrected chi connectivity index (χ1v) is 11.7. The van der Waals surface area contributed by atoms with Crippen LogP contribution in [0.25, 0.3) is 22.8 Å². The van der Waals surface area contributed by atoms with Crippen molar-refractivity contribution in [1.29, 1.82) is 0 Å². The molecule has 0 spiro atoms. The predicted octanol–water partition coefficient (Wildman–Crippen LogP) is 5.95. The van der Waals surface area contributed by atoms with Gasteiger partial charge in [-0.2, -0.15) is 0 Å². The number of nitrogens with zero attached hydrogens (tertiary/aromatic N) is 5. The molecule has 33 heavy (non-hydrogen) atoms. The second kappa shape index (κ2) is 9.42. The molecule has 7 heteroatoms. The second-order valence-electron chi connectivity index (χ2n) is 7.87. The predicted molar refractivity (Wildman–Crippen MR) is 130 cm³/mol. The molecule has 5 aromatic rings. The molecule has 0 unspecified atom stereocenters. The van der Waals surface area contributed by atoms with Crippen molar-refractivity contribution in [2.24, 2.45) is 0 Å². The second-order valence-corrected chi connectivity index (χ2v) is 8.81. The molecule has 2 aromatic carbocycles. The molecule has 0 fully saturated rings. The van der Waals surface area contributed by atoms with Gasteiger partial charge in [-0.25, -0.2) is 4.98 Å². The molecule has 3 aromatic heterocycles. The van der Waals surface area contributed by atoms with Crippen LogP contribution in [0.3, 0.4) is 0 Å². The van der Waals surface area contributed by atoms with Crippen molar-refractivity contribution in [2.45, 2.75) is 31.3 Å². The van der Waals surface area contributed by atoms with E-state index in [4.69, 9.17) is 9.40 Å². The molecule has 3 heterocycles. The molecular formula is C26H23N5OS. The number of aryl methyl sites for hydroxylation is 2. The molecule has 0 aliphatic carbocycles. The van der Waals surface area contributed by atoms with Crippen LogP contribution in [-0.4, -0.2) is 24.7 Å². The highest BCUT2D eigenvalue weighted by atomic mass is 32.2. The van der Waals surface area contributed by atoms with Gasteiger partial charge in [0, 0.05) is 29.3 Å². The minimum Gasteiger partial charge on any atom is -0.444 e. The zero-order valence-corrected chi connectivity index (χ0v) is 19.3. The molecule has 0 bridgehead atoms. The summed E-state index contributed by atoms with van der Waals surface area (Å²) in [5.41, 5.74) is 6.38. The molecule has 0 N–H and O–H groups in total. The van der Waals surface area contributed by atoms with Crippen molar-refractivity contribution in [3.63, 3.8) is 0 Å². The van der Waals surface area contributed by atoms with Gasteiger partial charge < -0.3 is 4.42 Å². The van der Waals surface area contributed by atoms with Gasteiger partial charge in [0.05, 0.1) is 12.2 Å². The number of pyridine rings is 1. The first-order chi connectivity index (χ1) is 16.2. The van der Waals surface area contributed by atoms with Crippen molar-refractivity contribution in [2.75, 3.05) is 0 Å². The van der Waals surface area contributed by atoms with Crippen LogP contribution in [0, 0.1) is 13.8 Å². The number of rotatable bonds is 7. The number of hydrogen-bond donors (Lipinski definition) is 0. The lowest BCUT2D eigenvalue weighted by molar-refractivity contribution is 0.573. The Morgan fingerprint density at radius 1 is 0.970 bits per heavy atom. The van der Waals surface area contributed by atoms with E-state index in [1.807, 2.05) is 36.5 Å². The Bertz CT molecular complexity index is 1360. The van der Waals surface area contributed by atoms with E-state index >= 15 is 0 Å². The highest BCUT2D eigenvalue weighted by molar-refractivity contribution is 7.98. The smallest absolute Gasteiger partial charge is 0.226 e. The number of hydrogen-bond acceptors (Lipinski definition) is 6. The van der Waals surface area contributed by atoms with E-state index in [1.165, 1.54) is 11.1 Å². The van der Waals surface area contributed by atoms with E-state index in [0.717, 1.165) is 33.4 Å². The standard InChI is InChI=1S/C26H23N5OS/c1-18-10-11-23(19(2)13-18)25-28-22(16-32-25)17-33-26-30-29-24(21-9-6-12-27-14-21)31(26)15-20-7-4-3-5-8-20/h3-14,16H,15,17H2,1-2H3. The largest absolute Gasteiger partial charge is 0.444 e. The van der Waals surface area contributed by atoms with Gasteiger partial charge in [-0.05, 0) is 43.2 Å². The summed E-state index contributed by atoms with van der Waals surface area (Å²) in [5, 5.41) is 9.79. The van der Waals surface area contributed by atoms with Gasteiger partial charge >= 0.3 is 0 Å². The van der Waals surface area contributed by atoms with E-state index in [-0.39, 0.29) is 0 Å². The van der Waals surface area contributed by atoms with Crippen molar-refractivity contribution < 1.29 is 4.42 Å². The molecule has 0 aliphatic heterocycles. The Labute approximate surface area is 196 Å². The Balaban J connectivity index is 1.40. The van der Waals surface area contributed by atoms with Crippen molar-refractivity contribution >= 4 is 11.8 Å². The maximum absolute atomic E-state index is 5.78. The fraction of sp³-hybridized carbons (Fsp3) is 0.154. The maximum Gasteiger partial charge on any atom is 0.226 e. The van der Waals surface area contributed by atoms with E-state index in [2.05, 4.69) is 63.9 Å². The van der Waals surface area contributed by atoms with Crippen LogP contribution in [-0.2, 0) is 12.3 Å². The van der Waals surface area contributed by atoms with E-state index in [0.29, 0.717) is 18.2 Å². The van der Waals surface area contributed by atoms with Gasteiger partial charge in [0.25, 0.3) is 0 Å². The Morgan fingerprint density at radius 2 is 1.85 bits per heavy atom. The molecule has 0 amide bonds. The third-order valence-corrected chi connectivity index (χ3v) is 6.33. The lowest BCUT2D eigenvalue weighted by Crippen LogP contribution is -2.04. The molecule has 164 valence electrons. The summed E-state index contributed by atoms with van der Waals surface area (Å²) in [6.45, 7) is 4.83. The number of aromatic nitrogens is 5. The lowest BCUT2D eigenvalue weighted by atomic mass is 10.1. The van der Waals surface area contributed by atoms with E-state index in [1.54, 1.807) is 24.2 Å². The summed E-state index contributed by atoms with van der Waals surface area (Å²) in [4.78, 5) is 8.96. The highest BCUT2D eigenvalue weighted by Gasteiger charge is 2.16.